The van der Waals surface area contributed by atoms with Crippen molar-refractivity contribution in [3.63, 3.8) is 0 Å². The summed E-state index contributed by atoms with van der Waals surface area (Å²) in [5.74, 6) is -1.27. The van der Waals surface area contributed by atoms with Crippen LogP contribution in [0.2, 0.25) is 0 Å². The highest BCUT2D eigenvalue weighted by Gasteiger charge is 2.28. The van der Waals surface area contributed by atoms with Crippen LogP contribution in [-0.2, 0) is 36.9 Å². The Hall–Kier alpha value is -4.40. The molecule has 8 nitrogen and oxygen atoms in total. The molecule has 242 valence electrons. The average molecular weight is 623 g/mol. The number of carboxylic acid groups (broad SMARTS) is 1. The number of aryl methyl sites for hydroxylation is 1. The third kappa shape index (κ3) is 11.9. The zero-order valence-electron chi connectivity index (χ0n) is 26.5. The van der Waals surface area contributed by atoms with Crippen LogP contribution in [0.1, 0.15) is 77.3 Å². The molecule has 45 heavy (non-hydrogen) atoms. The molecule has 0 heterocycles. The van der Waals surface area contributed by atoms with Crippen molar-refractivity contribution in [3.8, 4) is 22.6 Å². The second-order valence-corrected chi connectivity index (χ2v) is 11.6. The van der Waals surface area contributed by atoms with Crippen LogP contribution in [0, 0.1) is 11.2 Å². The van der Waals surface area contributed by atoms with Crippen molar-refractivity contribution in [2.24, 2.45) is 5.41 Å². The highest BCUT2D eigenvalue weighted by molar-refractivity contribution is 5.74. The number of rotatable bonds is 18. The molecule has 9 heteroatoms. The molecule has 3 aromatic carbocycles. The van der Waals surface area contributed by atoms with Crippen molar-refractivity contribution >= 4 is 17.9 Å². The van der Waals surface area contributed by atoms with Crippen LogP contribution in [0.5, 0.6) is 11.5 Å². The minimum Gasteiger partial charge on any atom is -0.488 e. The quantitative estimate of drug-likeness (QED) is 0.0867. The third-order valence-corrected chi connectivity index (χ3v) is 7.09. The smallest absolute Gasteiger partial charge is 0.309 e. The lowest BCUT2D eigenvalue weighted by molar-refractivity contribution is -0.167. The van der Waals surface area contributed by atoms with Crippen LogP contribution in [0.25, 0.3) is 11.1 Å². The Bertz CT molecular complexity index is 1400. The number of hydrogen-bond acceptors (Lipinski definition) is 7. The Morgan fingerprint density at radius 1 is 0.889 bits per heavy atom. The summed E-state index contributed by atoms with van der Waals surface area (Å²) in [5, 5.41) is 9.24. The molecule has 1 N–H and O–H groups in total. The molecule has 0 aromatic heterocycles. The van der Waals surface area contributed by atoms with Gasteiger partial charge in [-0.25, -0.2) is 4.39 Å². The second kappa shape index (κ2) is 17.2. The maximum Gasteiger partial charge on any atom is 0.309 e. The van der Waals surface area contributed by atoms with E-state index >= 15 is 0 Å². The van der Waals surface area contributed by atoms with Gasteiger partial charge in [0, 0.05) is 24.5 Å². The molecule has 0 aliphatic carbocycles. The average Bonchev–Trinajstić information content (AvgIpc) is 2.98. The third-order valence-electron chi connectivity index (χ3n) is 7.09. The molecule has 1 atom stereocenters. The number of unbranched alkanes of at least 4 members (excludes halogenated alkanes) is 1. The summed E-state index contributed by atoms with van der Waals surface area (Å²) in [7, 11) is 0. The first-order chi connectivity index (χ1) is 21.5. The van der Waals surface area contributed by atoms with Gasteiger partial charge in [-0.3, -0.25) is 14.4 Å². The van der Waals surface area contributed by atoms with Crippen molar-refractivity contribution in [2.45, 2.75) is 85.5 Å². The monoisotopic (exact) mass is 622 g/mol. The molecule has 3 aromatic rings. The molecular formula is C36H43FO8. The van der Waals surface area contributed by atoms with Gasteiger partial charge in [0.25, 0.3) is 0 Å². The molecule has 0 saturated heterocycles. The van der Waals surface area contributed by atoms with E-state index in [-0.39, 0.29) is 37.7 Å². The Morgan fingerprint density at radius 2 is 1.60 bits per heavy atom. The van der Waals surface area contributed by atoms with E-state index in [1.165, 1.54) is 12.1 Å². The number of ether oxygens (including phenoxy) is 4. The maximum absolute atomic E-state index is 13.8. The van der Waals surface area contributed by atoms with Crippen molar-refractivity contribution in [2.75, 3.05) is 6.61 Å². The van der Waals surface area contributed by atoms with Crippen LogP contribution in [0.4, 0.5) is 4.39 Å². The lowest BCUT2D eigenvalue weighted by atomic mass is 9.86. The van der Waals surface area contributed by atoms with Gasteiger partial charge in [-0.05, 0) is 66.5 Å². The first-order valence-electron chi connectivity index (χ1n) is 15.3. The normalized spacial score (nSPS) is 11.8. The highest BCUT2D eigenvalue weighted by atomic mass is 19.1. The summed E-state index contributed by atoms with van der Waals surface area (Å²) < 4.78 is 37.2. The summed E-state index contributed by atoms with van der Waals surface area (Å²) >= 11 is 0. The van der Waals surface area contributed by atoms with Crippen LogP contribution in [0.15, 0.2) is 66.7 Å². The minimum absolute atomic E-state index is 0.114. The summed E-state index contributed by atoms with van der Waals surface area (Å²) in [4.78, 5) is 36.1. The van der Waals surface area contributed by atoms with E-state index in [2.05, 4.69) is 0 Å². The van der Waals surface area contributed by atoms with E-state index < -0.39 is 23.6 Å². The molecule has 0 saturated carbocycles. The molecule has 0 aliphatic heterocycles. The first-order valence-corrected chi connectivity index (χ1v) is 15.3. The zero-order valence-corrected chi connectivity index (χ0v) is 26.5. The highest BCUT2D eigenvalue weighted by Crippen LogP contribution is 2.38. The van der Waals surface area contributed by atoms with E-state index in [0.29, 0.717) is 43.8 Å². The van der Waals surface area contributed by atoms with Gasteiger partial charge < -0.3 is 24.1 Å². The molecule has 3 rings (SSSR count). The van der Waals surface area contributed by atoms with Gasteiger partial charge in [-0.2, -0.15) is 0 Å². The second-order valence-electron chi connectivity index (χ2n) is 11.6. The number of esters is 2. The lowest BCUT2D eigenvalue weighted by Crippen LogP contribution is -2.29. The minimum atomic E-state index is -1.00. The first kappa shape index (κ1) is 35.1. The number of carbonyl (C=O) groups is 3. The van der Waals surface area contributed by atoms with Gasteiger partial charge in [-0.1, -0.05) is 63.2 Å². The number of aliphatic carboxylic acids is 1. The van der Waals surface area contributed by atoms with E-state index in [9.17, 15) is 23.9 Å². The number of carboxylic acids is 1. The van der Waals surface area contributed by atoms with Crippen LogP contribution in [-0.4, -0.2) is 35.9 Å². The predicted molar refractivity (Wildman–Crippen MR) is 168 cm³/mol. The molecule has 0 aliphatic rings. The molecule has 0 amide bonds. The van der Waals surface area contributed by atoms with Gasteiger partial charge >= 0.3 is 17.9 Å². The van der Waals surface area contributed by atoms with Gasteiger partial charge in [0.2, 0.25) is 6.29 Å². The summed E-state index contributed by atoms with van der Waals surface area (Å²) in [5.41, 5.74) is 2.49. The SMILES string of the molecule is CCOC(=O)CCCCC(OC(=O)CC(C)(C)CC(=O)O)Oc1cc(OCc2ccccc2)c(-c2ccc(F)cc2)cc1CC. The van der Waals surface area contributed by atoms with Gasteiger partial charge in [0.15, 0.2) is 0 Å². The summed E-state index contributed by atoms with van der Waals surface area (Å²) in [6.45, 7) is 7.68. The van der Waals surface area contributed by atoms with Gasteiger partial charge in [0.1, 0.15) is 23.9 Å². The molecule has 0 radical (unpaired) electrons. The molecular weight excluding hydrogens is 579 g/mol. The Labute approximate surface area is 264 Å². The molecule has 0 spiro atoms. The molecule has 0 bridgehead atoms. The number of carbonyl (C=O) groups excluding carboxylic acids is 2. The predicted octanol–water partition coefficient (Wildman–Crippen LogP) is 7.90. The fourth-order valence-electron chi connectivity index (χ4n) is 4.85. The Kier molecular flexibility index (Phi) is 13.4. The fraction of sp³-hybridized carbons (Fsp3) is 0.417. The van der Waals surface area contributed by atoms with E-state index in [4.69, 9.17) is 18.9 Å². The van der Waals surface area contributed by atoms with Crippen molar-refractivity contribution in [1.82, 2.24) is 0 Å². The summed E-state index contributed by atoms with van der Waals surface area (Å²) in [6, 6.07) is 19.5. The van der Waals surface area contributed by atoms with E-state index in [0.717, 1.165) is 22.3 Å². The van der Waals surface area contributed by atoms with Crippen LogP contribution < -0.4 is 9.47 Å². The zero-order chi connectivity index (χ0) is 32.8. The topological polar surface area (TPSA) is 108 Å². The lowest BCUT2D eigenvalue weighted by Gasteiger charge is -2.25. The Balaban J connectivity index is 1.90. The van der Waals surface area contributed by atoms with Gasteiger partial charge in [-0.15, -0.1) is 0 Å². The van der Waals surface area contributed by atoms with Crippen molar-refractivity contribution < 1.29 is 42.8 Å². The standard InChI is InChI=1S/C36H43FO8/c1-5-26-20-29(27-16-18-28(37)19-17-27)31(43-24-25-12-8-7-9-13-25)21-30(26)44-35(15-11-10-14-33(40)42-6-2)45-34(41)23-36(3,4)22-32(38)39/h7-9,12-13,16-21,35H,5-6,10-11,14-15,22-24H2,1-4H3,(H,38,39). The van der Waals surface area contributed by atoms with Crippen molar-refractivity contribution in [3.05, 3.63) is 83.7 Å². The number of hydrogen-bond donors (Lipinski definition) is 1. The Morgan fingerprint density at radius 3 is 2.24 bits per heavy atom. The fourth-order valence-corrected chi connectivity index (χ4v) is 4.85. The van der Waals surface area contributed by atoms with E-state index in [1.807, 2.05) is 43.3 Å². The number of halogens is 1. The molecule has 1 unspecified atom stereocenters. The molecule has 0 fully saturated rings. The van der Waals surface area contributed by atoms with Crippen LogP contribution >= 0.6 is 0 Å². The van der Waals surface area contributed by atoms with Crippen LogP contribution in [0.3, 0.4) is 0 Å². The van der Waals surface area contributed by atoms with Gasteiger partial charge in [0.05, 0.1) is 19.4 Å². The maximum atomic E-state index is 13.8. The van der Waals surface area contributed by atoms with Crippen molar-refractivity contribution in [1.29, 1.82) is 0 Å². The van der Waals surface area contributed by atoms with E-state index in [1.54, 1.807) is 39.0 Å². The number of benzene rings is 3. The largest absolute Gasteiger partial charge is 0.488 e. The summed E-state index contributed by atoms with van der Waals surface area (Å²) in [6.07, 6.45) is 0.829.